The highest BCUT2D eigenvalue weighted by Gasteiger charge is 2.14. The maximum absolute atomic E-state index is 11.3. The largest absolute Gasteiger partial charge is 0.385 e. The van der Waals surface area contributed by atoms with Crippen LogP contribution in [0.5, 0.6) is 0 Å². The van der Waals surface area contributed by atoms with Gasteiger partial charge in [0, 0.05) is 33.4 Å². The molecule has 1 amide bonds. The molecule has 94 valence electrons. The molecule has 0 radical (unpaired) electrons. The van der Waals surface area contributed by atoms with Crippen LogP contribution in [0, 0.1) is 5.92 Å². The first-order valence-corrected chi connectivity index (χ1v) is 5.87. The van der Waals surface area contributed by atoms with Crippen molar-refractivity contribution in [3.8, 4) is 0 Å². The van der Waals surface area contributed by atoms with E-state index in [-0.39, 0.29) is 5.91 Å². The van der Waals surface area contributed by atoms with E-state index in [0.29, 0.717) is 25.6 Å². The molecule has 1 aliphatic heterocycles. The Bertz CT molecular complexity index is 194. The van der Waals surface area contributed by atoms with E-state index in [1.807, 2.05) is 0 Å². The van der Waals surface area contributed by atoms with Crippen LogP contribution in [0.15, 0.2) is 0 Å². The molecule has 1 heterocycles. The third-order valence-electron chi connectivity index (χ3n) is 2.59. The minimum atomic E-state index is 0.0509. The van der Waals surface area contributed by atoms with Crippen molar-refractivity contribution < 1.29 is 14.3 Å². The molecule has 5 heteroatoms. The van der Waals surface area contributed by atoms with Gasteiger partial charge in [-0.2, -0.15) is 0 Å². The topological polar surface area (TPSA) is 59.6 Å². The maximum atomic E-state index is 11.3. The van der Waals surface area contributed by atoms with Gasteiger partial charge in [-0.1, -0.05) is 0 Å². The fourth-order valence-electron chi connectivity index (χ4n) is 1.64. The molecule has 1 atom stereocenters. The van der Waals surface area contributed by atoms with Crippen LogP contribution in [0.3, 0.4) is 0 Å². The van der Waals surface area contributed by atoms with Gasteiger partial charge in [0.2, 0.25) is 5.91 Å². The first-order valence-electron chi connectivity index (χ1n) is 5.87. The number of methoxy groups -OCH3 is 1. The summed E-state index contributed by atoms with van der Waals surface area (Å²) >= 11 is 0. The van der Waals surface area contributed by atoms with Gasteiger partial charge in [0.15, 0.2) is 0 Å². The lowest BCUT2D eigenvalue weighted by Gasteiger charge is -2.09. The Kier molecular flexibility index (Phi) is 7.12. The van der Waals surface area contributed by atoms with Crippen LogP contribution in [-0.4, -0.2) is 52.5 Å². The second-order valence-electron chi connectivity index (χ2n) is 4.06. The monoisotopic (exact) mass is 230 g/mol. The molecule has 0 aromatic heterocycles. The van der Waals surface area contributed by atoms with Crippen LogP contribution >= 0.6 is 0 Å². The average molecular weight is 230 g/mol. The molecule has 0 spiro atoms. The third kappa shape index (κ3) is 6.05. The molecule has 1 saturated heterocycles. The molecule has 2 N–H and O–H groups in total. The SMILES string of the molecule is COCCCNC(=O)CNCC1CCOC1. The summed E-state index contributed by atoms with van der Waals surface area (Å²) in [4.78, 5) is 11.3. The standard InChI is InChI=1S/C11H22N2O3/c1-15-5-2-4-13-11(14)8-12-7-10-3-6-16-9-10/h10,12H,2-9H2,1H3,(H,13,14). The number of ether oxygens (including phenoxy) is 2. The van der Waals surface area contributed by atoms with Crippen molar-refractivity contribution in [2.24, 2.45) is 5.92 Å². The molecule has 1 aliphatic rings. The number of hydrogen-bond donors (Lipinski definition) is 2. The summed E-state index contributed by atoms with van der Waals surface area (Å²) in [5.74, 6) is 0.622. The zero-order valence-electron chi connectivity index (χ0n) is 9.96. The Morgan fingerprint density at radius 2 is 2.44 bits per heavy atom. The molecule has 0 aliphatic carbocycles. The van der Waals surface area contributed by atoms with Gasteiger partial charge in [0.1, 0.15) is 0 Å². The maximum Gasteiger partial charge on any atom is 0.233 e. The summed E-state index contributed by atoms with van der Waals surface area (Å²) in [5.41, 5.74) is 0. The van der Waals surface area contributed by atoms with E-state index in [0.717, 1.165) is 32.6 Å². The fraction of sp³-hybridized carbons (Fsp3) is 0.909. The third-order valence-corrected chi connectivity index (χ3v) is 2.59. The Morgan fingerprint density at radius 1 is 1.56 bits per heavy atom. The lowest BCUT2D eigenvalue weighted by Crippen LogP contribution is -2.36. The van der Waals surface area contributed by atoms with Crippen molar-refractivity contribution in [1.82, 2.24) is 10.6 Å². The molecule has 1 rings (SSSR count). The zero-order valence-corrected chi connectivity index (χ0v) is 9.96. The minimum absolute atomic E-state index is 0.0509. The van der Waals surface area contributed by atoms with E-state index in [9.17, 15) is 4.79 Å². The number of carbonyl (C=O) groups excluding carboxylic acids is 1. The molecule has 0 aromatic rings. The van der Waals surface area contributed by atoms with E-state index >= 15 is 0 Å². The normalized spacial score (nSPS) is 19.9. The number of rotatable bonds is 8. The lowest BCUT2D eigenvalue weighted by molar-refractivity contribution is -0.120. The van der Waals surface area contributed by atoms with Crippen molar-refractivity contribution in [2.75, 3.05) is 46.6 Å². The molecule has 1 unspecified atom stereocenters. The van der Waals surface area contributed by atoms with E-state index in [4.69, 9.17) is 9.47 Å². The number of carbonyl (C=O) groups is 1. The van der Waals surface area contributed by atoms with Gasteiger partial charge in [-0.05, 0) is 18.8 Å². The summed E-state index contributed by atoms with van der Waals surface area (Å²) in [5, 5.41) is 5.97. The van der Waals surface area contributed by atoms with Gasteiger partial charge < -0.3 is 20.1 Å². The highest BCUT2D eigenvalue weighted by atomic mass is 16.5. The predicted molar refractivity (Wildman–Crippen MR) is 61.3 cm³/mol. The van der Waals surface area contributed by atoms with E-state index in [2.05, 4.69) is 10.6 Å². The Balaban J connectivity index is 1.89. The smallest absolute Gasteiger partial charge is 0.233 e. The van der Waals surface area contributed by atoms with E-state index in [1.165, 1.54) is 0 Å². The van der Waals surface area contributed by atoms with Gasteiger partial charge in [0.25, 0.3) is 0 Å². The Morgan fingerprint density at radius 3 is 3.12 bits per heavy atom. The summed E-state index contributed by atoms with van der Waals surface area (Å²) in [6.07, 6.45) is 1.96. The molecular weight excluding hydrogens is 208 g/mol. The van der Waals surface area contributed by atoms with Crippen LogP contribution in [0.1, 0.15) is 12.8 Å². The van der Waals surface area contributed by atoms with Crippen LogP contribution < -0.4 is 10.6 Å². The van der Waals surface area contributed by atoms with Crippen molar-refractivity contribution in [2.45, 2.75) is 12.8 Å². The quantitative estimate of drug-likeness (QED) is 0.565. The summed E-state index contributed by atoms with van der Waals surface area (Å²) in [7, 11) is 1.66. The number of amides is 1. The van der Waals surface area contributed by atoms with Crippen molar-refractivity contribution in [1.29, 1.82) is 0 Å². The van der Waals surface area contributed by atoms with Gasteiger partial charge in [-0.25, -0.2) is 0 Å². The highest BCUT2D eigenvalue weighted by molar-refractivity contribution is 5.77. The van der Waals surface area contributed by atoms with Gasteiger partial charge >= 0.3 is 0 Å². The van der Waals surface area contributed by atoms with Crippen molar-refractivity contribution in [3.05, 3.63) is 0 Å². The van der Waals surface area contributed by atoms with Crippen molar-refractivity contribution in [3.63, 3.8) is 0 Å². The zero-order chi connectivity index (χ0) is 11.6. The summed E-state index contributed by atoms with van der Waals surface area (Å²) in [6.45, 7) is 4.31. The summed E-state index contributed by atoms with van der Waals surface area (Å²) < 4.78 is 10.1. The molecule has 1 fully saturated rings. The van der Waals surface area contributed by atoms with Crippen LogP contribution in [0.2, 0.25) is 0 Å². The molecule has 16 heavy (non-hydrogen) atoms. The minimum Gasteiger partial charge on any atom is -0.385 e. The first kappa shape index (κ1) is 13.4. The van der Waals surface area contributed by atoms with Crippen molar-refractivity contribution >= 4 is 5.91 Å². The lowest BCUT2D eigenvalue weighted by atomic mass is 10.1. The van der Waals surface area contributed by atoms with Gasteiger partial charge in [-0.3, -0.25) is 4.79 Å². The highest BCUT2D eigenvalue weighted by Crippen LogP contribution is 2.10. The second-order valence-corrected chi connectivity index (χ2v) is 4.06. The Labute approximate surface area is 96.9 Å². The van der Waals surface area contributed by atoms with E-state index in [1.54, 1.807) is 7.11 Å². The molecule has 0 bridgehead atoms. The second kappa shape index (κ2) is 8.50. The Hall–Kier alpha value is -0.650. The average Bonchev–Trinajstić information content (AvgIpc) is 2.77. The number of nitrogens with one attached hydrogen (secondary N) is 2. The molecule has 0 aromatic carbocycles. The van der Waals surface area contributed by atoms with Crippen LogP contribution in [0.4, 0.5) is 0 Å². The van der Waals surface area contributed by atoms with E-state index < -0.39 is 0 Å². The summed E-state index contributed by atoms with van der Waals surface area (Å²) in [6, 6.07) is 0. The molecule has 0 saturated carbocycles. The van der Waals surface area contributed by atoms with Gasteiger partial charge in [-0.15, -0.1) is 0 Å². The fourth-order valence-corrected chi connectivity index (χ4v) is 1.64. The van der Waals surface area contributed by atoms with Crippen LogP contribution in [-0.2, 0) is 14.3 Å². The van der Waals surface area contributed by atoms with Crippen LogP contribution in [0.25, 0.3) is 0 Å². The number of hydrogen-bond acceptors (Lipinski definition) is 4. The molecule has 5 nitrogen and oxygen atoms in total. The first-order chi connectivity index (χ1) is 7.83. The molecular formula is C11H22N2O3. The predicted octanol–water partition coefficient (Wildman–Crippen LogP) is -0.235. The van der Waals surface area contributed by atoms with Gasteiger partial charge in [0.05, 0.1) is 13.2 Å².